The Morgan fingerprint density at radius 2 is 1.38 bits per heavy atom. The van der Waals surface area contributed by atoms with Crippen molar-refractivity contribution < 1.29 is 14.0 Å². The van der Waals surface area contributed by atoms with Gasteiger partial charge in [-0.15, -0.1) is 0 Å². The molecule has 1 atom stereocenters. The first-order valence-corrected chi connectivity index (χ1v) is 10.8. The molecule has 0 saturated carbocycles. The largest absolute Gasteiger partial charge is 0.493 e. The van der Waals surface area contributed by atoms with Gasteiger partial charge in [-0.1, -0.05) is 42.5 Å². The number of ether oxygens (including phenoxy) is 2. The van der Waals surface area contributed by atoms with E-state index in [0.29, 0.717) is 27.7 Å². The number of hydrogen-bond acceptors (Lipinski definition) is 4. The van der Waals surface area contributed by atoms with Crippen LogP contribution >= 0.6 is 7.29 Å². The summed E-state index contributed by atoms with van der Waals surface area (Å²) in [5, 5.41) is 14.5. The number of benzene rings is 3. The molecule has 0 radical (unpaired) electrons. The summed E-state index contributed by atoms with van der Waals surface area (Å²) < 4.78 is 25.0. The summed E-state index contributed by atoms with van der Waals surface area (Å²) in [7, 11) is -0.221. The normalized spacial score (nSPS) is 13.2. The molecule has 148 valence electrons. The molecule has 0 fully saturated rings. The highest BCUT2D eigenvalue weighted by molar-refractivity contribution is 7.77. The van der Waals surface area contributed by atoms with E-state index in [2.05, 4.69) is 11.2 Å². The highest BCUT2D eigenvalue weighted by atomic mass is 31.2. The predicted molar refractivity (Wildman–Crippen MR) is 115 cm³/mol. The first-order chi connectivity index (χ1) is 14.0. The van der Waals surface area contributed by atoms with Crippen molar-refractivity contribution in [1.29, 1.82) is 5.26 Å². The Hall–Kier alpha value is -3.06. The third kappa shape index (κ3) is 4.05. The smallest absolute Gasteiger partial charge is 0.206 e. The second-order valence-electron chi connectivity index (χ2n) is 6.70. The van der Waals surface area contributed by atoms with E-state index in [4.69, 9.17) is 9.47 Å². The topological polar surface area (TPSA) is 71.3 Å². The van der Waals surface area contributed by atoms with Gasteiger partial charge in [0, 0.05) is 10.6 Å². The monoisotopic (exact) mass is 406 g/mol. The zero-order chi connectivity index (χ0) is 20.9. The van der Waals surface area contributed by atoms with Crippen LogP contribution in [0.2, 0.25) is 0 Å². The fourth-order valence-electron chi connectivity index (χ4n) is 3.17. The lowest BCUT2D eigenvalue weighted by Crippen LogP contribution is -2.41. The molecule has 29 heavy (non-hydrogen) atoms. The molecule has 0 aromatic heterocycles. The molecule has 5 nitrogen and oxygen atoms in total. The average molecular weight is 406 g/mol. The van der Waals surface area contributed by atoms with Crippen LogP contribution in [0.25, 0.3) is 0 Å². The molecular weight excluding hydrogens is 383 g/mol. The Labute approximate surface area is 171 Å². The van der Waals surface area contributed by atoms with Crippen molar-refractivity contribution >= 4 is 17.9 Å². The zero-order valence-corrected chi connectivity index (χ0v) is 17.5. The summed E-state index contributed by atoms with van der Waals surface area (Å²) in [6.07, 6.45) is 0. The van der Waals surface area contributed by atoms with Gasteiger partial charge in [-0.3, -0.25) is 4.57 Å². The maximum absolute atomic E-state index is 14.3. The maximum Gasteiger partial charge on any atom is 0.206 e. The number of nitriles is 1. The Balaban J connectivity index is 2.13. The predicted octanol–water partition coefficient (Wildman–Crippen LogP) is 3.96. The van der Waals surface area contributed by atoms with Crippen LogP contribution in [0.15, 0.2) is 78.9 Å². The van der Waals surface area contributed by atoms with E-state index in [1.807, 2.05) is 60.7 Å². The van der Waals surface area contributed by atoms with E-state index >= 15 is 0 Å². The lowest BCUT2D eigenvalue weighted by molar-refractivity contribution is 0.353. The van der Waals surface area contributed by atoms with E-state index < -0.39 is 12.8 Å². The van der Waals surface area contributed by atoms with Crippen molar-refractivity contribution in [3.05, 3.63) is 84.4 Å². The minimum absolute atomic E-state index is 0.502. The zero-order valence-electron chi connectivity index (χ0n) is 16.6. The first-order valence-electron chi connectivity index (χ1n) is 9.11. The summed E-state index contributed by atoms with van der Waals surface area (Å²) in [4.78, 5) is 0. The molecule has 0 aliphatic heterocycles. The molecule has 3 aromatic rings. The van der Waals surface area contributed by atoms with Crippen LogP contribution in [0.1, 0.15) is 12.5 Å². The van der Waals surface area contributed by atoms with Gasteiger partial charge in [0.1, 0.15) is 5.54 Å². The maximum atomic E-state index is 14.3. The molecule has 6 heteroatoms. The second kappa shape index (κ2) is 8.53. The fraction of sp³-hybridized carbons (Fsp3) is 0.174. The van der Waals surface area contributed by atoms with Gasteiger partial charge in [-0.25, -0.2) is 5.09 Å². The van der Waals surface area contributed by atoms with Crippen LogP contribution in [0.4, 0.5) is 0 Å². The van der Waals surface area contributed by atoms with Gasteiger partial charge >= 0.3 is 0 Å². The van der Waals surface area contributed by atoms with E-state index in [-0.39, 0.29) is 0 Å². The van der Waals surface area contributed by atoms with Gasteiger partial charge < -0.3 is 9.47 Å². The Morgan fingerprint density at radius 3 is 1.83 bits per heavy atom. The molecule has 3 aromatic carbocycles. The average Bonchev–Trinajstić information content (AvgIpc) is 2.79. The van der Waals surface area contributed by atoms with Crippen molar-refractivity contribution in [3.8, 4) is 17.6 Å². The summed E-state index contributed by atoms with van der Waals surface area (Å²) in [6, 6.07) is 25.9. The summed E-state index contributed by atoms with van der Waals surface area (Å²) >= 11 is 0. The fourth-order valence-corrected chi connectivity index (χ4v) is 5.72. The van der Waals surface area contributed by atoms with Gasteiger partial charge in [0.05, 0.1) is 20.3 Å². The first kappa shape index (κ1) is 20.7. The van der Waals surface area contributed by atoms with Crippen LogP contribution < -0.4 is 25.2 Å². The lowest BCUT2D eigenvalue weighted by Gasteiger charge is -2.31. The van der Waals surface area contributed by atoms with Crippen molar-refractivity contribution in [3.63, 3.8) is 0 Å². The number of rotatable bonds is 7. The molecule has 0 aliphatic rings. The van der Waals surface area contributed by atoms with E-state index in [1.165, 1.54) is 7.11 Å². The summed E-state index contributed by atoms with van der Waals surface area (Å²) in [6.45, 7) is 1.72. The molecule has 1 N–H and O–H groups in total. The Bertz CT molecular complexity index is 1020. The Morgan fingerprint density at radius 1 is 0.862 bits per heavy atom. The van der Waals surface area contributed by atoms with Crippen LogP contribution in [-0.4, -0.2) is 14.2 Å². The van der Waals surface area contributed by atoms with Crippen LogP contribution in [0.3, 0.4) is 0 Å². The third-order valence-corrected chi connectivity index (χ3v) is 7.62. The molecular formula is C23H23N2O3P. The standard InChI is InChI=1S/C23H23N2O3P/c1-23(17-24,18-14-15-21(27-2)22(16-18)28-3)25-29(26,19-10-6-4-7-11-19)20-12-8-5-9-13-20/h4-16H,1-3H3,(H,25,26)/t23-/m0/s1. The molecule has 0 amide bonds. The van der Waals surface area contributed by atoms with Gasteiger partial charge in [0.15, 0.2) is 11.5 Å². The van der Waals surface area contributed by atoms with Crippen molar-refractivity contribution in [1.82, 2.24) is 5.09 Å². The van der Waals surface area contributed by atoms with E-state index in [9.17, 15) is 9.83 Å². The highest BCUT2D eigenvalue weighted by Crippen LogP contribution is 2.44. The minimum Gasteiger partial charge on any atom is -0.493 e. The van der Waals surface area contributed by atoms with Gasteiger partial charge in [0.25, 0.3) is 0 Å². The van der Waals surface area contributed by atoms with E-state index in [0.717, 1.165) is 0 Å². The molecule has 0 bridgehead atoms. The molecule has 0 aliphatic carbocycles. The van der Waals surface area contributed by atoms with Crippen LogP contribution in [0, 0.1) is 11.3 Å². The van der Waals surface area contributed by atoms with Crippen molar-refractivity contribution in [2.75, 3.05) is 14.2 Å². The number of nitrogens with one attached hydrogen (secondary N) is 1. The molecule has 0 saturated heterocycles. The van der Waals surface area contributed by atoms with Gasteiger partial charge in [-0.05, 0) is 48.9 Å². The molecule has 0 spiro atoms. The van der Waals surface area contributed by atoms with Crippen LogP contribution in [0.5, 0.6) is 11.5 Å². The molecule has 0 heterocycles. The van der Waals surface area contributed by atoms with Crippen LogP contribution in [-0.2, 0) is 10.1 Å². The second-order valence-corrected chi connectivity index (χ2v) is 9.17. The third-order valence-electron chi connectivity index (χ3n) is 4.81. The Kier molecular flexibility index (Phi) is 6.08. The summed E-state index contributed by atoms with van der Waals surface area (Å²) in [5.74, 6) is 1.06. The van der Waals surface area contributed by atoms with Crippen molar-refractivity contribution in [2.24, 2.45) is 0 Å². The minimum atomic E-state index is -3.31. The SMILES string of the molecule is COc1ccc([C@](C)(C#N)NP(=O)(c2ccccc2)c2ccccc2)cc1OC. The lowest BCUT2D eigenvalue weighted by atomic mass is 9.94. The number of hydrogen-bond donors (Lipinski definition) is 1. The molecule has 0 unspecified atom stereocenters. The van der Waals surface area contributed by atoms with E-state index in [1.54, 1.807) is 32.2 Å². The van der Waals surface area contributed by atoms with Crippen molar-refractivity contribution in [2.45, 2.75) is 12.5 Å². The van der Waals surface area contributed by atoms with Gasteiger partial charge in [-0.2, -0.15) is 5.26 Å². The highest BCUT2D eigenvalue weighted by Gasteiger charge is 2.38. The number of nitrogens with zero attached hydrogens (tertiary/aromatic N) is 1. The quantitative estimate of drug-likeness (QED) is 0.602. The number of methoxy groups -OCH3 is 2. The summed E-state index contributed by atoms with van der Waals surface area (Å²) in [5.41, 5.74) is -0.606. The molecule has 3 rings (SSSR count). The van der Waals surface area contributed by atoms with Gasteiger partial charge in [0.2, 0.25) is 7.29 Å².